The van der Waals surface area contributed by atoms with Crippen LogP contribution in [0.4, 0.5) is 4.79 Å². The van der Waals surface area contributed by atoms with Crippen molar-refractivity contribution in [2.75, 3.05) is 6.54 Å². The first-order valence-electron chi connectivity index (χ1n) is 8.75. The Labute approximate surface area is 175 Å². The molecule has 0 fully saturated rings. The smallest absolute Gasteiger partial charge is 0.410 e. The van der Waals surface area contributed by atoms with Crippen molar-refractivity contribution in [1.82, 2.24) is 10.2 Å². The van der Waals surface area contributed by atoms with E-state index in [2.05, 4.69) is 5.32 Å². The number of ketones is 1. The second-order valence-electron chi connectivity index (χ2n) is 7.36. The highest BCUT2D eigenvalue weighted by Gasteiger charge is 2.29. The molecule has 7 heteroatoms. The Morgan fingerprint density at radius 2 is 1.85 bits per heavy atom. The molecule has 0 bridgehead atoms. The fraction of sp³-hybridized carbons (Fsp3) is 0.450. The van der Waals surface area contributed by atoms with Crippen molar-refractivity contribution < 1.29 is 14.3 Å². The zero-order chi connectivity index (χ0) is 20.6. The minimum atomic E-state index is -0.631. The number of benzene rings is 1. The molecule has 0 spiro atoms. The Hall–Kier alpha value is -1.90. The van der Waals surface area contributed by atoms with Crippen LogP contribution in [-0.4, -0.2) is 38.7 Å². The number of carbonyl (C=O) groups is 2. The quantitative estimate of drug-likeness (QED) is 0.421. The summed E-state index contributed by atoms with van der Waals surface area (Å²) in [4.78, 5) is 26.9. The minimum absolute atomic E-state index is 0.0747. The topological polar surface area (TPSA) is 82.5 Å². The molecule has 1 amide bonds. The highest BCUT2D eigenvalue weighted by Crippen LogP contribution is 2.17. The third-order valence-corrected chi connectivity index (χ3v) is 3.88. The number of hydrogen-bond acceptors (Lipinski definition) is 5. The molecular weight excluding hydrogens is 457 g/mol. The van der Waals surface area contributed by atoms with Gasteiger partial charge < -0.3 is 10.1 Å². The van der Waals surface area contributed by atoms with Gasteiger partial charge in [0.25, 0.3) is 0 Å². The molecule has 148 valence electrons. The maximum absolute atomic E-state index is 13.0. The van der Waals surface area contributed by atoms with E-state index in [4.69, 9.17) is 10.1 Å². The number of nitrogens with zero attached hydrogens (tertiary/aromatic N) is 1. The van der Waals surface area contributed by atoms with Gasteiger partial charge in [0.1, 0.15) is 11.6 Å². The number of rotatable bonds is 8. The highest BCUT2D eigenvalue weighted by atomic mass is 127. The third-order valence-electron chi connectivity index (χ3n) is 3.52. The van der Waals surface area contributed by atoms with Crippen LogP contribution in [0.3, 0.4) is 0 Å². The molecule has 1 aromatic carbocycles. The van der Waals surface area contributed by atoms with Crippen LogP contribution in [-0.2, 0) is 9.53 Å². The minimum Gasteiger partial charge on any atom is -0.444 e. The number of carbonyl (C=O) groups excluding carboxylic acids is 2. The van der Waals surface area contributed by atoms with Crippen molar-refractivity contribution in [3.63, 3.8) is 0 Å². The van der Waals surface area contributed by atoms with E-state index < -0.39 is 17.7 Å². The fourth-order valence-electron chi connectivity index (χ4n) is 2.28. The molecule has 1 aromatic rings. The first kappa shape index (κ1) is 23.1. The molecule has 0 aromatic heterocycles. The predicted molar refractivity (Wildman–Crippen MR) is 116 cm³/mol. The average Bonchev–Trinajstić information content (AvgIpc) is 2.55. The first-order chi connectivity index (χ1) is 12.5. The molecule has 2 N–H and O–H groups in total. The lowest BCUT2D eigenvalue weighted by Gasteiger charge is -2.30. The van der Waals surface area contributed by atoms with Crippen molar-refractivity contribution in [2.24, 2.45) is 0 Å². The number of halogens is 1. The van der Waals surface area contributed by atoms with Crippen LogP contribution < -0.4 is 5.32 Å². The molecule has 0 radical (unpaired) electrons. The van der Waals surface area contributed by atoms with Crippen molar-refractivity contribution >= 4 is 38.2 Å². The number of amides is 1. The van der Waals surface area contributed by atoms with E-state index in [0.717, 1.165) is 5.56 Å². The zero-order valence-electron chi connectivity index (χ0n) is 16.5. The van der Waals surface area contributed by atoms with Crippen LogP contribution in [0.2, 0.25) is 0 Å². The van der Waals surface area contributed by atoms with E-state index in [1.165, 1.54) is 4.90 Å². The van der Waals surface area contributed by atoms with Crippen molar-refractivity contribution in [3.05, 3.63) is 48.2 Å². The van der Waals surface area contributed by atoms with Gasteiger partial charge in [0.15, 0.2) is 5.78 Å². The molecule has 0 aliphatic heterocycles. The van der Waals surface area contributed by atoms with E-state index in [0.29, 0.717) is 3.72 Å². The molecule has 1 atom stereocenters. The molecule has 0 aliphatic carbocycles. The Morgan fingerprint density at radius 3 is 2.33 bits per heavy atom. The predicted octanol–water partition coefficient (Wildman–Crippen LogP) is 4.46. The van der Waals surface area contributed by atoms with Crippen LogP contribution in [0.15, 0.2) is 42.6 Å². The number of hydrogen-bond donors (Lipinski definition) is 2. The monoisotopic (exact) mass is 485 g/mol. The molecule has 0 aliphatic rings. The van der Waals surface area contributed by atoms with E-state index in [-0.39, 0.29) is 18.4 Å². The summed E-state index contributed by atoms with van der Waals surface area (Å²) >= 11 is 1.87. The van der Waals surface area contributed by atoms with Gasteiger partial charge >= 0.3 is 6.09 Å². The Balaban J connectivity index is 3.01. The van der Waals surface area contributed by atoms with Gasteiger partial charge in [-0.3, -0.25) is 15.1 Å². The summed E-state index contributed by atoms with van der Waals surface area (Å²) in [6, 6.07) is 8.49. The summed E-state index contributed by atoms with van der Waals surface area (Å²) in [6.07, 6.45) is 2.64. The summed E-state index contributed by atoms with van der Waals surface area (Å²) in [7, 11) is 0. The summed E-state index contributed by atoms with van der Waals surface area (Å²) in [5.41, 5.74) is 0.160. The van der Waals surface area contributed by atoms with Gasteiger partial charge in [0.2, 0.25) is 0 Å². The van der Waals surface area contributed by atoms with E-state index in [9.17, 15) is 9.59 Å². The van der Waals surface area contributed by atoms with Crippen LogP contribution in [0.1, 0.15) is 46.2 Å². The van der Waals surface area contributed by atoms with Crippen LogP contribution >= 0.6 is 22.6 Å². The molecule has 1 rings (SSSR count). The number of Topliss-reactive ketones (excluding diaryl/α,β-unsaturated/α-hetero) is 1. The normalized spacial score (nSPS) is 12.7. The molecule has 1 unspecified atom stereocenters. The van der Waals surface area contributed by atoms with Gasteiger partial charge in [0, 0.05) is 6.04 Å². The van der Waals surface area contributed by atoms with Crippen molar-refractivity contribution in [2.45, 2.75) is 52.3 Å². The van der Waals surface area contributed by atoms with E-state index in [1.54, 1.807) is 33.0 Å². The molecule has 0 saturated heterocycles. The van der Waals surface area contributed by atoms with Crippen LogP contribution in [0.5, 0.6) is 0 Å². The summed E-state index contributed by atoms with van der Waals surface area (Å²) < 4.78 is 5.78. The van der Waals surface area contributed by atoms with Gasteiger partial charge in [0.05, 0.1) is 10.3 Å². The Kier molecular flexibility index (Phi) is 8.95. The van der Waals surface area contributed by atoms with Gasteiger partial charge in [-0.1, -0.05) is 30.3 Å². The maximum atomic E-state index is 13.0. The lowest BCUT2D eigenvalue weighted by molar-refractivity contribution is -0.122. The van der Waals surface area contributed by atoms with Crippen molar-refractivity contribution in [3.8, 4) is 0 Å². The van der Waals surface area contributed by atoms with Crippen LogP contribution in [0.25, 0.3) is 0 Å². The van der Waals surface area contributed by atoms with Crippen molar-refractivity contribution in [1.29, 1.82) is 5.41 Å². The number of ether oxygens (including phenoxy) is 1. The number of allylic oxidation sites excluding steroid dienone is 1. The lowest BCUT2D eigenvalue weighted by atomic mass is 10.0. The van der Waals surface area contributed by atoms with Gasteiger partial charge in [-0.05, 0) is 75.0 Å². The summed E-state index contributed by atoms with van der Waals surface area (Å²) in [5.74, 6) is -0.162. The van der Waals surface area contributed by atoms with E-state index in [1.807, 2.05) is 66.8 Å². The molecule has 6 nitrogen and oxygen atoms in total. The third kappa shape index (κ3) is 8.55. The second kappa shape index (κ2) is 10.4. The summed E-state index contributed by atoms with van der Waals surface area (Å²) in [5, 5.41) is 10.5. The Bertz CT molecular complexity index is 681. The lowest BCUT2D eigenvalue weighted by Crippen LogP contribution is -2.45. The standard InChI is InChI=1S/C20H28IN3O3/c1-14(2)24(19(26)27-20(3,4)5)13-16(25)18(23-12-11-17(21)22)15-9-7-6-8-10-15/h6-12,14,18,22-23H,13H2,1-5H3/b12-11-,22-17?. The number of nitrogens with one attached hydrogen (secondary N) is 2. The highest BCUT2D eigenvalue weighted by molar-refractivity contribution is 14.1. The first-order valence-corrected chi connectivity index (χ1v) is 9.83. The molecule has 0 heterocycles. The SMILES string of the molecule is CC(C)N(CC(=O)C(N/C=C\C(=N)I)c1ccccc1)C(=O)OC(C)(C)C. The van der Waals surface area contributed by atoms with Crippen LogP contribution in [0, 0.1) is 5.41 Å². The second-order valence-corrected chi connectivity index (χ2v) is 8.52. The van der Waals surface area contributed by atoms with Gasteiger partial charge in [-0.2, -0.15) is 0 Å². The molecule has 27 heavy (non-hydrogen) atoms. The summed E-state index contributed by atoms with van der Waals surface area (Å²) in [6.45, 7) is 9.00. The molecule has 0 saturated carbocycles. The van der Waals surface area contributed by atoms with Gasteiger partial charge in [-0.15, -0.1) is 0 Å². The average molecular weight is 485 g/mol. The molecular formula is C20H28IN3O3. The largest absolute Gasteiger partial charge is 0.444 e. The zero-order valence-corrected chi connectivity index (χ0v) is 18.6. The maximum Gasteiger partial charge on any atom is 0.410 e. The van der Waals surface area contributed by atoms with Gasteiger partial charge in [-0.25, -0.2) is 4.79 Å². The van der Waals surface area contributed by atoms with E-state index >= 15 is 0 Å². The Morgan fingerprint density at radius 1 is 1.26 bits per heavy atom. The fourth-order valence-corrected chi connectivity index (χ4v) is 2.46.